The summed E-state index contributed by atoms with van der Waals surface area (Å²) in [5.74, 6) is -1.46. The highest BCUT2D eigenvalue weighted by Crippen LogP contribution is 2.24. The summed E-state index contributed by atoms with van der Waals surface area (Å²) >= 11 is 0. The zero-order chi connectivity index (χ0) is 13.8. The third-order valence-corrected chi connectivity index (χ3v) is 3.09. The average molecular weight is 264 g/mol. The Morgan fingerprint density at radius 1 is 1.42 bits per heavy atom. The van der Waals surface area contributed by atoms with Crippen LogP contribution in [0.15, 0.2) is 24.3 Å². The number of carboxylic acids is 1. The van der Waals surface area contributed by atoms with E-state index in [2.05, 4.69) is 10.6 Å². The summed E-state index contributed by atoms with van der Waals surface area (Å²) in [5, 5.41) is 23.3. The first-order valence-corrected chi connectivity index (χ1v) is 6.11. The van der Waals surface area contributed by atoms with Gasteiger partial charge in [0.05, 0.1) is 0 Å². The normalized spacial score (nSPS) is 18.3. The Kier molecular flexibility index (Phi) is 4.01. The molecule has 6 nitrogen and oxygen atoms in total. The van der Waals surface area contributed by atoms with Gasteiger partial charge in [-0.2, -0.15) is 0 Å². The highest BCUT2D eigenvalue weighted by molar-refractivity contribution is 5.87. The van der Waals surface area contributed by atoms with Crippen LogP contribution in [0.3, 0.4) is 0 Å². The van der Waals surface area contributed by atoms with Gasteiger partial charge < -0.3 is 20.8 Å². The van der Waals surface area contributed by atoms with Crippen molar-refractivity contribution < 1.29 is 19.8 Å². The predicted molar refractivity (Wildman–Crippen MR) is 68.8 cm³/mol. The minimum Gasteiger partial charge on any atom is -0.479 e. The highest BCUT2D eigenvalue weighted by atomic mass is 16.4. The van der Waals surface area contributed by atoms with Crippen LogP contribution in [0, 0.1) is 0 Å². The Balaban J connectivity index is 1.79. The van der Waals surface area contributed by atoms with E-state index in [1.165, 1.54) is 0 Å². The van der Waals surface area contributed by atoms with E-state index >= 15 is 0 Å². The number of carbonyl (C=O) groups excluding carboxylic acids is 1. The van der Waals surface area contributed by atoms with Crippen molar-refractivity contribution in [3.05, 3.63) is 29.8 Å². The lowest BCUT2D eigenvalue weighted by molar-refractivity contribution is -0.147. The fourth-order valence-electron chi connectivity index (χ4n) is 2.03. The number of nitrogens with one attached hydrogen (secondary N) is 2. The molecule has 19 heavy (non-hydrogen) atoms. The van der Waals surface area contributed by atoms with Crippen molar-refractivity contribution in [1.82, 2.24) is 5.32 Å². The number of hydrogen-bond acceptors (Lipinski definition) is 4. The summed E-state index contributed by atoms with van der Waals surface area (Å²) in [6, 6.07) is 7.36. The lowest BCUT2D eigenvalue weighted by atomic mass is 10.1. The van der Waals surface area contributed by atoms with Gasteiger partial charge in [0.25, 0.3) is 0 Å². The Morgan fingerprint density at radius 3 is 2.84 bits per heavy atom. The van der Waals surface area contributed by atoms with E-state index in [0.717, 1.165) is 11.3 Å². The molecule has 4 N–H and O–H groups in total. The maximum Gasteiger partial charge on any atom is 0.332 e. The third-order valence-electron chi connectivity index (χ3n) is 3.09. The molecule has 6 heteroatoms. The van der Waals surface area contributed by atoms with Crippen molar-refractivity contribution in [3.8, 4) is 0 Å². The van der Waals surface area contributed by atoms with Gasteiger partial charge in [-0.05, 0) is 11.6 Å². The molecule has 0 aromatic heterocycles. The van der Waals surface area contributed by atoms with Gasteiger partial charge in [0, 0.05) is 25.1 Å². The van der Waals surface area contributed by atoms with Crippen LogP contribution in [-0.2, 0) is 16.0 Å². The van der Waals surface area contributed by atoms with Crippen molar-refractivity contribution in [3.63, 3.8) is 0 Å². The molecule has 1 heterocycles. The molecule has 0 saturated heterocycles. The van der Waals surface area contributed by atoms with Gasteiger partial charge in [-0.25, -0.2) is 4.79 Å². The van der Waals surface area contributed by atoms with Crippen molar-refractivity contribution in [2.75, 3.05) is 11.9 Å². The molecular formula is C13H16N2O4. The van der Waals surface area contributed by atoms with Gasteiger partial charge in [-0.1, -0.05) is 18.2 Å². The Hall–Kier alpha value is -2.08. The molecule has 0 aliphatic carbocycles. The fraction of sp³-hybridized carbons (Fsp3) is 0.385. The van der Waals surface area contributed by atoms with Crippen LogP contribution in [0.25, 0.3) is 0 Å². The zero-order valence-corrected chi connectivity index (χ0v) is 10.3. The first kappa shape index (κ1) is 13.4. The van der Waals surface area contributed by atoms with E-state index in [9.17, 15) is 9.59 Å². The summed E-state index contributed by atoms with van der Waals surface area (Å²) in [4.78, 5) is 22.3. The number of benzene rings is 1. The molecule has 1 aromatic carbocycles. The Bertz CT molecular complexity index is 464. The zero-order valence-electron chi connectivity index (χ0n) is 10.3. The molecule has 102 valence electrons. The number of aliphatic hydroxyl groups is 1. The SMILES string of the molecule is O=C(O)C(O)CCNC(=O)C1Cc2ccccc2N1. The topological polar surface area (TPSA) is 98.7 Å². The maximum absolute atomic E-state index is 11.9. The molecule has 0 spiro atoms. The van der Waals surface area contributed by atoms with Crippen LogP contribution in [0.1, 0.15) is 12.0 Å². The molecule has 1 aromatic rings. The molecule has 0 radical (unpaired) electrons. The number of hydrogen-bond donors (Lipinski definition) is 4. The van der Waals surface area contributed by atoms with Crippen LogP contribution in [0.4, 0.5) is 5.69 Å². The first-order chi connectivity index (χ1) is 9.08. The molecule has 2 rings (SSSR count). The monoisotopic (exact) mass is 264 g/mol. The van der Waals surface area contributed by atoms with E-state index in [1.807, 2.05) is 24.3 Å². The summed E-state index contributed by atoms with van der Waals surface area (Å²) in [7, 11) is 0. The molecule has 2 unspecified atom stereocenters. The van der Waals surface area contributed by atoms with Gasteiger partial charge in [0.1, 0.15) is 6.04 Å². The van der Waals surface area contributed by atoms with Crippen molar-refractivity contribution in [2.24, 2.45) is 0 Å². The maximum atomic E-state index is 11.9. The third kappa shape index (κ3) is 3.23. The van der Waals surface area contributed by atoms with Crippen LogP contribution < -0.4 is 10.6 Å². The summed E-state index contributed by atoms with van der Waals surface area (Å²) in [6.45, 7) is 0.140. The van der Waals surface area contributed by atoms with Crippen molar-refractivity contribution in [2.45, 2.75) is 25.0 Å². The van der Waals surface area contributed by atoms with E-state index < -0.39 is 12.1 Å². The van der Waals surface area contributed by atoms with Crippen LogP contribution >= 0.6 is 0 Å². The number of aliphatic hydroxyl groups excluding tert-OH is 1. The van der Waals surface area contributed by atoms with Gasteiger partial charge in [0.2, 0.25) is 5.91 Å². The molecule has 0 fully saturated rings. The lowest BCUT2D eigenvalue weighted by Crippen LogP contribution is -2.40. The number of fused-ring (bicyclic) bond motifs is 1. The molecule has 0 saturated carbocycles. The van der Waals surface area contributed by atoms with E-state index in [4.69, 9.17) is 10.2 Å². The first-order valence-electron chi connectivity index (χ1n) is 6.11. The number of anilines is 1. The quantitative estimate of drug-likeness (QED) is 0.599. The number of rotatable bonds is 5. The van der Waals surface area contributed by atoms with Crippen LogP contribution in [0.2, 0.25) is 0 Å². The lowest BCUT2D eigenvalue weighted by Gasteiger charge is -2.12. The number of amides is 1. The molecular weight excluding hydrogens is 248 g/mol. The minimum atomic E-state index is -1.44. The van der Waals surface area contributed by atoms with E-state index in [0.29, 0.717) is 6.42 Å². The van der Waals surface area contributed by atoms with E-state index in [-0.39, 0.29) is 24.9 Å². The van der Waals surface area contributed by atoms with Gasteiger partial charge in [-0.15, -0.1) is 0 Å². The van der Waals surface area contributed by atoms with Gasteiger partial charge >= 0.3 is 5.97 Å². The van der Waals surface area contributed by atoms with E-state index in [1.54, 1.807) is 0 Å². The molecule has 1 aliphatic heterocycles. The molecule has 0 bridgehead atoms. The highest BCUT2D eigenvalue weighted by Gasteiger charge is 2.26. The van der Waals surface area contributed by atoms with Gasteiger partial charge in [-0.3, -0.25) is 4.79 Å². The second kappa shape index (κ2) is 5.71. The van der Waals surface area contributed by atoms with Crippen LogP contribution in [-0.4, -0.2) is 40.8 Å². The van der Waals surface area contributed by atoms with Crippen molar-refractivity contribution >= 4 is 17.6 Å². The number of carboxylic acid groups (broad SMARTS) is 1. The standard InChI is InChI=1S/C13H16N2O4/c16-11(13(18)19)5-6-14-12(17)10-7-8-3-1-2-4-9(8)15-10/h1-4,10-11,15-16H,5-7H2,(H,14,17)(H,18,19). The smallest absolute Gasteiger partial charge is 0.332 e. The Labute approximate surface area is 110 Å². The molecule has 1 aliphatic rings. The Morgan fingerprint density at radius 2 is 2.16 bits per heavy atom. The second-order valence-electron chi connectivity index (χ2n) is 4.49. The summed E-state index contributed by atoms with van der Waals surface area (Å²) in [6.07, 6.45) is -0.821. The fourth-order valence-corrected chi connectivity index (χ4v) is 2.03. The summed E-state index contributed by atoms with van der Waals surface area (Å²) in [5.41, 5.74) is 2.04. The second-order valence-corrected chi connectivity index (χ2v) is 4.49. The van der Waals surface area contributed by atoms with Gasteiger partial charge in [0.15, 0.2) is 6.10 Å². The van der Waals surface area contributed by atoms with Crippen LogP contribution in [0.5, 0.6) is 0 Å². The van der Waals surface area contributed by atoms with Crippen molar-refractivity contribution in [1.29, 1.82) is 0 Å². The number of aliphatic carboxylic acids is 1. The molecule has 1 amide bonds. The minimum absolute atomic E-state index is 0.000736. The number of para-hydroxylation sites is 1. The summed E-state index contributed by atoms with van der Waals surface area (Å²) < 4.78 is 0. The average Bonchev–Trinajstić information content (AvgIpc) is 2.82. The largest absolute Gasteiger partial charge is 0.479 e. The molecule has 2 atom stereocenters. The predicted octanol–water partition coefficient (Wildman–Crippen LogP) is -0.0250. The number of carbonyl (C=O) groups is 2.